The minimum atomic E-state index is 0.0464. The van der Waals surface area contributed by atoms with Crippen LogP contribution in [0.1, 0.15) is 24.1 Å². The van der Waals surface area contributed by atoms with Gasteiger partial charge in [0.05, 0.1) is 11.8 Å². The maximum absolute atomic E-state index is 12.5. The first kappa shape index (κ1) is 16.9. The summed E-state index contributed by atoms with van der Waals surface area (Å²) in [7, 11) is 0. The van der Waals surface area contributed by atoms with Crippen LogP contribution in [0.15, 0.2) is 19.0 Å². The van der Waals surface area contributed by atoms with E-state index in [2.05, 4.69) is 25.4 Å². The fourth-order valence-electron chi connectivity index (χ4n) is 3.50. The monoisotopic (exact) mass is 357 g/mol. The van der Waals surface area contributed by atoms with Crippen molar-refractivity contribution in [1.82, 2.24) is 29.6 Å². The van der Waals surface area contributed by atoms with E-state index in [1.165, 1.54) is 6.33 Å². The summed E-state index contributed by atoms with van der Waals surface area (Å²) < 4.78 is 7.22. The number of anilines is 1. The molecule has 0 unspecified atom stereocenters. The molecule has 9 nitrogen and oxygen atoms in total. The van der Waals surface area contributed by atoms with Gasteiger partial charge in [-0.05, 0) is 19.3 Å². The fraction of sp³-hybridized carbons (Fsp3) is 0.588. The molecule has 1 amide bonds. The lowest BCUT2D eigenvalue weighted by molar-refractivity contribution is -0.131. The van der Waals surface area contributed by atoms with Gasteiger partial charge in [0.25, 0.3) is 0 Å². The zero-order chi connectivity index (χ0) is 17.8. The molecule has 2 aliphatic rings. The Bertz CT molecular complexity index is 744. The van der Waals surface area contributed by atoms with Gasteiger partial charge in [0, 0.05) is 38.2 Å². The molecule has 1 saturated heterocycles. The van der Waals surface area contributed by atoms with Crippen LogP contribution in [0.3, 0.4) is 0 Å². The van der Waals surface area contributed by atoms with Crippen molar-refractivity contribution in [3.05, 3.63) is 30.2 Å². The summed E-state index contributed by atoms with van der Waals surface area (Å²) in [5.41, 5.74) is 2.13. The summed E-state index contributed by atoms with van der Waals surface area (Å²) >= 11 is 0. The van der Waals surface area contributed by atoms with Crippen molar-refractivity contribution in [3.8, 4) is 0 Å². The summed E-state index contributed by atoms with van der Waals surface area (Å²) in [6.07, 6.45) is 8.54. The highest BCUT2D eigenvalue weighted by atomic mass is 16.5. The van der Waals surface area contributed by atoms with E-state index in [1.807, 2.05) is 4.90 Å². The Morgan fingerprint density at radius 2 is 2.19 bits per heavy atom. The zero-order valence-corrected chi connectivity index (χ0v) is 14.7. The minimum Gasteiger partial charge on any atom is -0.376 e. The van der Waals surface area contributed by atoms with E-state index in [4.69, 9.17) is 4.74 Å². The average molecular weight is 357 g/mol. The van der Waals surface area contributed by atoms with Gasteiger partial charge in [-0.1, -0.05) is 0 Å². The summed E-state index contributed by atoms with van der Waals surface area (Å²) in [5.74, 6) is 0.918. The number of ether oxygens (including phenoxy) is 1. The number of carbonyl (C=O) groups is 1. The number of carbonyl (C=O) groups excluding carboxylic acids is 1. The van der Waals surface area contributed by atoms with Crippen LogP contribution in [-0.4, -0.2) is 67.9 Å². The lowest BCUT2D eigenvalue weighted by atomic mass is 10.1. The number of fused-ring (bicyclic) bond motifs is 1. The molecule has 138 valence electrons. The molecule has 1 atom stereocenters. The summed E-state index contributed by atoms with van der Waals surface area (Å²) in [6, 6.07) is 0. The number of aromatic nitrogens is 5. The third kappa shape index (κ3) is 3.82. The Hall–Kier alpha value is -2.55. The van der Waals surface area contributed by atoms with Gasteiger partial charge < -0.3 is 15.0 Å². The van der Waals surface area contributed by atoms with Gasteiger partial charge in [-0.3, -0.25) is 4.79 Å². The first-order chi connectivity index (χ1) is 12.8. The van der Waals surface area contributed by atoms with Gasteiger partial charge in [0.15, 0.2) is 0 Å². The molecule has 0 bridgehead atoms. The predicted molar refractivity (Wildman–Crippen MR) is 93.5 cm³/mol. The summed E-state index contributed by atoms with van der Waals surface area (Å²) in [6.45, 7) is 3.13. The van der Waals surface area contributed by atoms with Crippen LogP contribution >= 0.6 is 0 Å². The standard InChI is InChI=1S/C17H23N7O2/c25-16(9-24-12-18-10-22-24)23-5-3-14-15(4-6-23)20-11-21-17(14)19-8-13-2-1-7-26-13/h10-13H,1-9H2,(H,19,20,21)/t13-/m1/s1. The van der Waals surface area contributed by atoms with E-state index in [0.717, 1.165) is 55.9 Å². The Morgan fingerprint density at radius 3 is 3.00 bits per heavy atom. The van der Waals surface area contributed by atoms with E-state index in [9.17, 15) is 4.79 Å². The van der Waals surface area contributed by atoms with Crippen LogP contribution in [0.25, 0.3) is 0 Å². The Balaban J connectivity index is 1.40. The Kier molecular flexibility index (Phi) is 5.05. The molecule has 4 rings (SSSR count). The smallest absolute Gasteiger partial charge is 0.244 e. The maximum atomic E-state index is 12.5. The number of hydrogen-bond donors (Lipinski definition) is 1. The lowest BCUT2D eigenvalue weighted by Crippen LogP contribution is -2.36. The zero-order valence-electron chi connectivity index (χ0n) is 14.7. The third-order valence-electron chi connectivity index (χ3n) is 4.92. The lowest BCUT2D eigenvalue weighted by Gasteiger charge is -2.20. The third-order valence-corrected chi connectivity index (χ3v) is 4.92. The predicted octanol–water partition coefficient (Wildman–Crippen LogP) is 0.286. The molecule has 1 fully saturated rings. The van der Waals surface area contributed by atoms with E-state index in [1.54, 1.807) is 17.3 Å². The van der Waals surface area contributed by atoms with Crippen LogP contribution < -0.4 is 5.32 Å². The second kappa shape index (κ2) is 7.77. The molecule has 4 heterocycles. The molecule has 2 aliphatic heterocycles. The number of nitrogens with one attached hydrogen (secondary N) is 1. The second-order valence-electron chi connectivity index (χ2n) is 6.64. The first-order valence-electron chi connectivity index (χ1n) is 9.08. The van der Waals surface area contributed by atoms with Crippen LogP contribution in [0.4, 0.5) is 5.82 Å². The molecule has 2 aromatic heterocycles. The van der Waals surface area contributed by atoms with Crippen LogP contribution in [0, 0.1) is 0 Å². The molecule has 26 heavy (non-hydrogen) atoms. The topological polar surface area (TPSA) is 98.1 Å². The summed E-state index contributed by atoms with van der Waals surface area (Å²) in [5, 5.41) is 7.42. The van der Waals surface area contributed by atoms with E-state index in [0.29, 0.717) is 13.1 Å². The number of amides is 1. The van der Waals surface area contributed by atoms with Crippen molar-refractivity contribution in [1.29, 1.82) is 0 Å². The average Bonchev–Trinajstić information content (AvgIpc) is 3.30. The van der Waals surface area contributed by atoms with Crippen molar-refractivity contribution in [2.24, 2.45) is 0 Å². The van der Waals surface area contributed by atoms with Crippen molar-refractivity contribution < 1.29 is 9.53 Å². The fourth-order valence-corrected chi connectivity index (χ4v) is 3.50. The molecule has 9 heteroatoms. The normalized spacial score (nSPS) is 19.8. The Morgan fingerprint density at radius 1 is 1.27 bits per heavy atom. The van der Waals surface area contributed by atoms with E-state index < -0.39 is 0 Å². The Labute approximate surface area is 151 Å². The van der Waals surface area contributed by atoms with Gasteiger partial charge in [-0.15, -0.1) is 0 Å². The van der Waals surface area contributed by atoms with Crippen LogP contribution in [0.5, 0.6) is 0 Å². The molecule has 0 radical (unpaired) electrons. The molecular formula is C17H23N7O2. The number of rotatable bonds is 5. The van der Waals surface area contributed by atoms with Gasteiger partial charge >= 0.3 is 0 Å². The largest absolute Gasteiger partial charge is 0.376 e. The molecule has 0 spiro atoms. The molecule has 0 aliphatic carbocycles. The highest BCUT2D eigenvalue weighted by Crippen LogP contribution is 2.21. The molecule has 0 saturated carbocycles. The number of nitrogens with zero attached hydrogens (tertiary/aromatic N) is 6. The second-order valence-corrected chi connectivity index (χ2v) is 6.64. The van der Waals surface area contributed by atoms with Crippen molar-refractivity contribution in [2.75, 3.05) is 31.6 Å². The molecular weight excluding hydrogens is 334 g/mol. The van der Waals surface area contributed by atoms with Crippen LogP contribution in [0.2, 0.25) is 0 Å². The van der Waals surface area contributed by atoms with E-state index in [-0.39, 0.29) is 18.6 Å². The van der Waals surface area contributed by atoms with Gasteiger partial charge in [0.2, 0.25) is 5.91 Å². The van der Waals surface area contributed by atoms with Gasteiger partial charge in [-0.2, -0.15) is 5.10 Å². The van der Waals surface area contributed by atoms with Gasteiger partial charge in [0.1, 0.15) is 31.3 Å². The van der Waals surface area contributed by atoms with Crippen molar-refractivity contribution in [3.63, 3.8) is 0 Å². The maximum Gasteiger partial charge on any atom is 0.244 e. The number of hydrogen-bond acceptors (Lipinski definition) is 7. The molecule has 1 N–H and O–H groups in total. The SMILES string of the molecule is O=C(Cn1cncn1)N1CCc2ncnc(NC[C@H]3CCCO3)c2CC1. The molecule has 2 aromatic rings. The van der Waals surface area contributed by atoms with Crippen molar-refractivity contribution in [2.45, 2.75) is 38.3 Å². The summed E-state index contributed by atoms with van der Waals surface area (Å²) in [4.78, 5) is 27.1. The quantitative estimate of drug-likeness (QED) is 0.821. The van der Waals surface area contributed by atoms with E-state index >= 15 is 0 Å². The van der Waals surface area contributed by atoms with Crippen LogP contribution in [-0.2, 0) is 28.9 Å². The minimum absolute atomic E-state index is 0.0464. The highest BCUT2D eigenvalue weighted by Gasteiger charge is 2.23. The molecule has 0 aromatic carbocycles. The highest BCUT2D eigenvalue weighted by molar-refractivity contribution is 5.76. The first-order valence-corrected chi connectivity index (χ1v) is 9.08. The van der Waals surface area contributed by atoms with Gasteiger partial charge in [-0.25, -0.2) is 19.6 Å². The van der Waals surface area contributed by atoms with Crippen molar-refractivity contribution >= 4 is 11.7 Å².